The summed E-state index contributed by atoms with van der Waals surface area (Å²) in [6.07, 6.45) is 0.141. The summed E-state index contributed by atoms with van der Waals surface area (Å²) in [7, 11) is 1.62. The summed E-state index contributed by atoms with van der Waals surface area (Å²) >= 11 is 0. The van der Waals surface area contributed by atoms with Gasteiger partial charge in [0, 0.05) is 12.6 Å². The van der Waals surface area contributed by atoms with E-state index in [9.17, 15) is 4.79 Å². The lowest BCUT2D eigenvalue weighted by molar-refractivity contribution is 0.0505. The maximum Gasteiger partial charge on any atom is 0.407 e. The molecule has 1 aromatic rings. The summed E-state index contributed by atoms with van der Waals surface area (Å²) in [6, 6.07) is 7.48. The van der Waals surface area contributed by atoms with Gasteiger partial charge in [-0.25, -0.2) is 4.79 Å². The molecule has 0 radical (unpaired) electrons. The van der Waals surface area contributed by atoms with E-state index in [1.54, 1.807) is 7.11 Å². The van der Waals surface area contributed by atoms with Crippen molar-refractivity contribution in [1.29, 1.82) is 0 Å². The van der Waals surface area contributed by atoms with Gasteiger partial charge in [-0.15, -0.1) is 0 Å². The lowest BCUT2D eigenvalue weighted by atomic mass is 10.1. The van der Waals surface area contributed by atoms with Crippen molar-refractivity contribution >= 4 is 6.09 Å². The zero-order chi connectivity index (χ0) is 15.2. The molecule has 3 N–H and O–H groups in total. The number of benzene rings is 1. The van der Waals surface area contributed by atoms with Gasteiger partial charge in [-0.05, 0) is 38.8 Å². The number of amides is 1. The average Bonchev–Trinajstić information content (AvgIpc) is 2.36. The van der Waals surface area contributed by atoms with Crippen LogP contribution in [0.2, 0.25) is 0 Å². The van der Waals surface area contributed by atoms with E-state index >= 15 is 0 Å². The predicted molar refractivity (Wildman–Crippen MR) is 78.9 cm³/mol. The van der Waals surface area contributed by atoms with E-state index in [1.807, 2.05) is 45.0 Å². The number of carbonyl (C=O) groups excluding carboxylic acids is 1. The molecule has 1 rings (SSSR count). The minimum absolute atomic E-state index is 0.193. The molecule has 1 unspecified atom stereocenters. The average molecular weight is 280 g/mol. The van der Waals surface area contributed by atoms with Gasteiger partial charge in [0.25, 0.3) is 0 Å². The molecule has 0 saturated carbocycles. The zero-order valence-electron chi connectivity index (χ0n) is 12.6. The van der Waals surface area contributed by atoms with Gasteiger partial charge in [-0.3, -0.25) is 0 Å². The van der Waals surface area contributed by atoms with Gasteiger partial charge in [0.15, 0.2) is 0 Å². The Bertz CT molecular complexity index is 441. The van der Waals surface area contributed by atoms with Gasteiger partial charge in [0.2, 0.25) is 0 Å². The van der Waals surface area contributed by atoms with Crippen LogP contribution in [0.25, 0.3) is 0 Å². The molecule has 0 fully saturated rings. The number of nitrogens with one attached hydrogen (secondary N) is 1. The number of carbonyl (C=O) groups is 1. The van der Waals surface area contributed by atoms with Crippen molar-refractivity contribution in [3.05, 3.63) is 29.8 Å². The van der Waals surface area contributed by atoms with Crippen molar-refractivity contribution in [3.8, 4) is 5.75 Å². The Hall–Kier alpha value is -1.75. The zero-order valence-corrected chi connectivity index (χ0v) is 12.6. The van der Waals surface area contributed by atoms with Crippen molar-refractivity contribution < 1.29 is 14.3 Å². The van der Waals surface area contributed by atoms with Crippen LogP contribution in [0.5, 0.6) is 5.75 Å². The van der Waals surface area contributed by atoms with Crippen LogP contribution in [0.1, 0.15) is 26.3 Å². The van der Waals surface area contributed by atoms with E-state index in [0.717, 1.165) is 11.3 Å². The molecular weight excluding hydrogens is 256 g/mol. The van der Waals surface area contributed by atoms with Crippen LogP contribution in [-0.4, -0.2) is 31.4 Å². The van der Waals surface area contributed by atoms with Crippen LogP contribution >= 0.6 is 0 Å². The number of nitrogens with two attached hydrogens (primary N) is 1. The standard InChI is InChI=1S/C15H24N2O3/c1-15(2,3)20-14(18)17-12(10-16)9-11-7-5-6-8-13(11)19-4/h5-8,12H,9-10,16H2,1-4H3,(H,17,18). The molecule has 0 aromatic heterocycles. The fourth-order valence-corrected chi connectivity index (χ4v) is 1.80. The summed E-state index contributed by atoms with van der Waals surface area (Å²) in [5.41, 5.74) is 6.19. The summed E-state index contributed by atoms with van der Waals surface area (Å²) < 4.78 is 10.5. The van der Waals surface area contributed by atoms with E-state index in [4.69, 9.17) is 15.2 Å². The molecule has 0 saturated heterocycles. The predicted octanol–water partition coefficient (Wildman–Crippen LogP) is 2.09. The van der Waals surface area contributed by atoms with E-state index in [1.165, 1.54) is 0 Å². The first kappa shape index (κ1) is 16.3. The van der Waals surface area contributed by atoms with Crippen molar-refractivity contribution in [2.45, 2.75) is 38.8 Å². The maximum atomic E-state index is 11.8. The second-order valence-electron chi connectivity index (χ2n) is 5.59. The second kappa shape index (κ2) is 7.14. The SMILES string of the molecule is COc1ccccc1CC(CN)NC(=O)OC(C)(C)C. The Morgan fingerprint density at radius 3 is 2.55 bits per heavy atom. The molecule has 0 heterocycles. The highest BCUT2D eigenvalue weighted by molar-refractivity contribution is 5.68. The molecule has 5 heteroatoms. The molecule has 0 spiro atoms. The van der Waals surface area contributed by atoms with Crippen molar-refractivity contribution in [2.75, 3.05) is 13.7 Å². The fraction of sp³-hybridized carbons (Fsp3) is 0.533. The third kappa shape index (κ3) is 5.48. The monoisotopic (exact) mass is 280 g/mol. The Labute approximate surface area is 120 Å². The van der Waals surface area contributed by atoms with Crippen molar-refractivity contribution in [2.24, 2.45) is 5.73 Å². The third-order valence-electron chi connectivity index (χ3n) is 2.66. The van der Waals surface area contributed by atoms with E-state index in [0.29, 0.717) is 13.0 Å². The van der Waals surface area contributed by atoms with Gasteiger partial charge in [0.05, 0.1) is 7.11 Å². The molecule has 0 aliphatic carbocycles. The number of rotatable bonds is 5. The van der Waals surface area contributed by atoms with Crippen LogP contribution < -0.4 is 15.8 Å². The molecule has 0 aliphatic rings. The minimum atomic E-state index is -0.520. The first-order valence-electron chi connectivity index (χ1n) is 6.67. The summed E-state index contributed by atoms with van der Waals surface area (Å²) in [6.45, 7) is 5.80. The number of methoxy groups -OCH3 is 1. The van der Waals surface area contributed by atoms with E-state index < -0.39 is 11.7 Å². The van der Waals surface area contributed by atoms with Crippen molar-refractivity contribution in [1.82, 2.24) is 5.32 Å². The Kier molecular flexibility index (Phi) is 5.82. The Balaban J connectivity index is 2.65. The van der Waals surface area contributed by atoms with Crippen LogP contribution in [0.4, 0.5) is 4.79 Å². The van der Waals surface area contributed by atoms with Gasteiger partial charge >= 0.3 is 6.09 Å². The molecule has 0 bridgehead atoms. The second-order valence-corrected chi connectivity index (χ2v) is 5.59. The number of para-hydroxylation sites is 1. The molecule has 112 valence electrons. The smallest absolute Gasteiger partial charge is 0.407 e. The number of hydrogen-bond donors (Lipinski definition) is 2. The maximum absolute atomic E-state index is 11.8. The normalized spacial score (nSPS) is 12.7. The topological polar surface area (TPSA) is 73.6 Å². The molecule has 1 aromatic carbocycles. The van der Waals surface area contributed by atoms with Gasteiger partial charge in [0.1, 0.15) is 11.4 Å². The fourth-order valence-electron chi connectivity index (χ4n) is 1.80. The Morgan fingerprint density at radius 2 is 2.00 bits per heavy atom. The lowest BCUT2D eigenvalue weighted by Gasteiger charge is -2.23. The lowest BCUT2D eigenvalue weighted by Crippen LogP contribution is -2.44. The number of ether oxygens (including phenoxy) is 2. The largest absolute Gasteiger partial charge is 0.496 e. The summed E-state index contributed by atoms with van der Waals surface area (Å²) in [4.78, 5) is 11.8. The van der Waals surface area contributed by atoms with Crippen LogP contribution in [0.15, 0.2) is 24.3 Å². The third-order valence-corrected chi connectivity index (χ3v) is 2.66. The van der Waals surface area contributed by atoms with Crippen LogP contribution in [0, 0.1) is 0 Å². The molecule has 0 aliphatic heterocycles. The minimum Gasteiger partial charge on any atom is -0.496 e. The summed E-state index contributed by atoms with van der Waals surface area (Å²) in [5, 5.41) is 2.78. The number of alkyl carbamates (subject to hydrolysis) is 1. The quantitative estimate of drug-likeness (QED) is 0.866. The molecule has 20 heavy (non-hydrogen) atoms. The van der Waals surface area contributed by atoms with E-state index in [-0.39, 0.29) is 6.04 Å². The van der Waals surface area contributed by atoms with Crippen LogP contribution in [0.3, 0.4) is 0 Å². The first-order chi connectivity index (χ1) is 9.35. The highest BCUT2D eigenvalue weighted by Gasteiger charge is 2.19. The van der Waals surface area contributed by atoms with Gasteiger partial charge in [-0.1, -0.05) is 18.2 Å². The highest BCUT2D eigenvalue weighted by Crippen LogP contribution is 2.19. The highest BCUT2D eigenvalue weighted by atomic mass is 16.6. The van der Waals surface area contributed by atoms with E-state index in [2.05, 4.69) is 5.32 Å². The Morgan fingerprint density at radius 1 is 1.35 bits per heavy atom. The van der Waals surface area contributed by atoms with Gasteiger partial charge < -0.3 is 20.5 Å². The summed E-state index contributed by atoms with van der Waals surface area (Å²) in [5.74, 6) is 0.789. The molecule has 1 amide bonds. The van der Waals surface area contributed by atoms with Crippen LogP contribution in [-0.2, 0) is 11.2 Å². The number of hydrogen-bond acceptors (Lipinski definition) is 4. The molecular formula is C15H24N2O3. The molecule has 1 atom stereocenters. The molecule has 5 nitrogen and oxygen atoms in total. The first-order valence-corrected chi connectivity index (χ1v) is 6.67. The van der Waals surface area contributed by atoms with Crippen molar-refractivity contribution in [3.63, 3.8) is 0 Å². The van der Waals surface area contributed by atoms with Gasteiger partial charge in [-0.2, -0.15) is 0 Å².